The van der Waals surface area contributed by atoms with Gasteiger partial charge in [0, 0.05) is 30.7 Å². The molecule has 1 atom stereocenters. The fraction of sp³-hybridized carbons (Fsp3) is 0.150. The van der Waals surface area contributed by atoms with Crippen molar-refractivity contribution >= 4 is 5.91 Å². The SMILES string of the molecule is C[C@@H](c1ccc(F)cc1)N(C)C(=O)c1ccc(-c2ccncc2)[nH]c1=O. The van der Waals surface area contributed by atoms with Gasteiger partial charge in [-0.1, -0.05) is 12.1 Å². The van der Waals surface area contributed by atoms with Crippen molar-refractivity contribution in [2.24, 2.45) is 0 Å². The standard InChI is InChI=1S/C20H18FN3O2/c1-13(14-3-5-16(21)6-4-14)24(2)20(26)17-7-8-18(23-19(17)25)15-9-11-22-12-10-15/h3-13H,1-2H3,(H,23,25)/t13-/m0/s1. The molecule has 6 heteroatoms. The molecule has 0 unspecified atom stereocenters. The normalized spacial score (nSPS) is 11.8. The number of hydrogen-bond donors (Lipinski definition) is 1. The van der Waals surface area contributed by atoms with Gasteiger partial charge in [0.1, 0.15) is 11.4 Å². The van der Waals surface area contributed by atoms with E-state index in [-0.39, 0.29) is 17.4 Å². The third-order valence-corrected chi connectivity index (χ3v) is 4.38. The molecule has 0 saturated carbocycles. The lowest BCUT2D eigenvalue weighted by Crippen LogP contribution is -2.33. The number of carbonyl (C=O) groups is 1. The Kier molecular flexibility index (Phi) is 4.93. The van der Waals surface area contributed by atoms with Gasteiger partial charge in [-0.3, -0.25) is 14.6 Å². The fourth-order valence-electron chi connectivity index (χ4n) is 2.67. The van der Waals surface area contributed by atoms with Crippen LogP contribution in [0.15, 0.2) is 65.7 Å². The lowest BCUT2D eigenvalue weighted by molar-refractivity contribution is 0.0741. The Balaban J connectivity index is 1.85. The average molecular weight is 351 g/mol. The summed E-state index contributed by atoms with van der Waals surface area (Å²) in [6, 6.07) is 12.4. The van der Waals surface area contributed by atoms with E-state index in [1.165, 1.54) is 23.1 Å². The molecule has 5 nitrogen and oxygen atoms in total. The Labute approximate surface area is 150 Å². The maximum Gasteiger partial charge on any atom is 0.261 e. The summed E-state index contributed by atoms with van der Waals surface area (Å²) in [6.45, 7) is 1.82. The van der Waals surface area contributed by atoms with Crippen LogP contribution in [0.5, 0.6) is 0 Å². The molecule has 0 aliphatic rings. The van der Waals surface area contributed by atoms with Crippen LogP contribution in [0.3, 0.4) is 0 Å². The van der Waals surface area contributed by atoms with Crippen LogP contribution in [0.1, 0.15) is 28.9 Å². The topological polar surface area (TPSA) is 66.1 Å². The lowest BCUT2D eigenvalue weighted by Gasteiger charge is -2.25. The van der Waals surface area contributed by atoms with Gasteiger partial charge < -0.3 is 9.88 Å². The highest BCUT2D eigenvalue weighted by Gasteiger charge is 2.21. The molecule has 0 fully saturated rings. The van der Waals surface area contributed by atoms with E-state index in [4.69, 9.17) is 0 Å². The van der Waals surface area contributed by atoms with Crippen LogP contribution in [0.25, 0.3) is 11.3 Å². The number of aromatic nitrogens is 2. The van der Waals surface area contributed by atoms with Crippen molar-refractivity contribution in [1.82, 2.24) is 14.9 Å². The van der Waals surface area contributed by atoms with Crippen LogP contribution in [0, 0.1) is 5.82 Å². The average Bonchev–Trinajstić information content (AvgIpc) is 2.67. The number of benzene rings is 1. The molecule has 3 rings (SSSR count). The fourth-order valence-corrected chi connectivity index (χ4v) is 2.67. The number of halogens is 1. The molecule has 26 heavy (non-hydrogen) atoms. The number of H-pyrrole nitrogens is 1. The molecule has 1 aromatic carbocycles. The zero-order chi connectivity index (χ0) is 18.7. The Bertz CT molecular complexity index is 968. The van der Waals surface area contributed by atoms with Gasteiger partial charge in [0.2, 0.25) is 0 Å². The van der Waals surface area contributed by atoms with Gasteiger partial charge in [-0.05, 0) is 48.9 Å². The van der Waals surface area contributed by atoms with Crippen LogP contribution in [-0.4, -0.2) is 27.8 Å². The highest BCUT2D eigenvalue weighted by atomic mass is 19.1. The van der Waals surface area contributed by atoms with Gasteiger partial charge in [-0.25, -0.2) is 4.39 Å². The molecule has 1 N–H and O–H groups in total. The van der Waals surface area contributed by atoms with E-state index in [1.54, 1.807) is 49.8 Å². The highest BCUT2D eigenvalue weighted by molar-refractivity contribution is 5.94. The van der Waals surface area contributed by atoms with E-state index in [0.29, 0.717) is 5.69 Å². The Morgan fingerprint density at radius 3 is 2.35 bits per heavy atom. The molecule has 2 heterocycles. The summed E-state index contributed by atoms with van der Waals surface area (Å²) in [4.78, 5) is 33.2. The van der Waals surface area contributed by atoms with E-state index < -0.39 is 11.5 Å². The molecule has 132 valence electrons. The minimum absolute atomic E-state index is 0.0549. The first-order valence-electron chi connectivity index (χ1n) is 8.13. The van der Waals surface area contributed by atoms with Gasteiger partial charge >= 0.3 is 0 Å². The van der Waals surface area contributed by atoms with Crippen molar-refractivity contribution in [3.63, 3.8) is 0 Å². The molecule has 3 aromatic rings. The number of hydrogen-bond acceptors (Lipinski definition) is 3. The number of nitrogens with one attached hydrogen (secondary N) is 1. The third kappa shape index (κ3) is 3.54. The third-order valence-electron chi connectivity index (χ3n) is 4.38. The molecular formula is C20H18FN3O2. The number of aromatic amines is 1. The Morgan fingerprint density at radius 1 is 1.08 bits per heavy atom. The van der Waals surface area contributed by atoms with Crippen molar-refractivity contribution in [3.05, 3.63) is 88.2 Å². The monoisotopic (exact) mass is 351 g/mol. The first-order valence-corrected chi connectivity index (χ1v) is 8.13. The molecule has 1 amide bonds. The van der Waals surface area contributed by atoms with Crippen LogP contribution in [0.4, 0.5) is 4.39 Å². The number of rotatable bonds is 4. The second-order valence-electron chi connectivity index (χ2n) is 5.99. The van der Waals surface area contributed by atoms with Crippen molar-refractivity contribution in [2.45, 2.75) is 13.0 Å². The summed E-state index contributed by atoms with van der Waals surface area (Å²) in [5, 5.41) is 0. The summed E-state index contributed by atoms with van der Waals surface area (Å²) < 4.78 is 13.1. The van der Waals surface area contributed by atoms with Crippen LogP contribution < -0.4 is 5.56 Å². The Morgan fingerprint density at radius 2 is 1.73 bits per heavy atom. The van der Waals surface area contributed by atoms with E-state index >= 15 is 0 Å². The van der Waals surface area contributed by atoms with Crippen molar-refractivity contribution in [2.75, 3.05) is 7.05 Å². The van der Waals surface area contributed by atoms with Crippen LogP contribution in [0.2, 0.25) is 0 Å². The molecule has 0 aliphatic heterocycles. The van der Waals surface area contributed by atoms with Crippen LogP contribution in [-0.2, 0) is 0 Å². The van der Waals surface area contributed by atoms with Crippen LogP contribution >= 0.6 is 0 Å². The zero-order valence-electron chi connectivity index (χ0n) is 14.4. The predicted octanol–water partition coefficient (Wildman–Crippen LogP) is 3.41. The molecule has 0 bridgehead atoms. The highest BCUT2D eigenvalue weighted by Crippen LogP contribution is 2.21. The number of pyridine rings is 2. The van der Waals surface area contributed by atoms with E-state index in [1.807, 2.05) is 6.92 Å². The minimum Gasteiger partial charge on any atom is -0.335 e. The second-order valence-corrected chi connectivity index (χ2v) is 5.99. The summed E-state index contributed by atoms with van der Waals surface area (Å²) in [5.74, 6) is -0.734. The predicted molar refractivity (Wildman–Crippen MR) is 97.2 cm³/mol. The molecule has 2 aromatic heterocycles. The van der Waals surface area contributed by atoms with Gasteiger partial charge in [-0.15, -0.1) is 0 Å². The molecular weight excluding hydrogens is 333 g/mol. The molecule has 0 saturated heterocycles. The van der Waals surface area contributed by atoms with E-state index in [2.05, 4.69) is 9.97 Å². The van der Waals surface area contributed by atoms with Crippen molar-refractivity contribution in [3.8, 4) is 11.3 Å². The van der Waals surface area contributed by atoms with Gasteiger partial charge in [0.05, 0.1) is 6.04 Å². The lowest BCUT2D eigenvalue weighted by atomic mass is 10.1. The molecule has 0 spiro atoms. The second kappa shape index (κ2) is 7.31. The molecule has 0 radical (unpaired) electrons. The van der Waals surface area contributed by atoms with Gasteiger partial charge in [-0.2, -0.15) is 0 Å². The summed E-state index contributed by atoms with van der Waals surface area (Å²) in [7, 11) is 1.62. The molecule has 0 aliphatic carbocycles. The van der Waals surface area contributed by atoms with Gasteiger partial charge in [0.15, 0.2) is 0 Å². The quantitative estimate of drug-likeness (QED) is 0.783. The smallest absolute Gasteiger partial charge is 0.261 e. The number of amides is 1. The maximum atomic E-state index is 13.1. The first-order chi connectivity index (χ1) is 12.5. The summed E-state index contributed by atoms with van der Waals surface area (Å²) in [6.07, 6.45) is 3.26. The van der Waals surface area contributed by atoms with E-state index in [0.717, 1.165) is 11.1 Å². The zero-order valence-corrected chi connectivity index (χ0v) is 14.4. The number of carbonyl (C=O) groups excluding carboxylic acids is 1. The summed E-state index contributed by atoms with van der Waals surface area (Å²) in [5.41, 5.74) is 1.81. The van der Waals surface area contributed by atoms with Crippen molar-refractivity contribution < 1.29 is 9.18 Å². The summed E-state index contributed by atoms with van der Waals surface area (Å²) >= 11 is 0. The van der Waals surface area contributed by atoms with Gasteiger partial charge in [0.25, 0.3) is 11.5 Å². The maximum absolute atomic E-state index is 13.1. The largest absolute Gasteiger partial charge is 0.335 e. The van der Waals surface area contributed by atoms with Crippen molar-refractivity contribution in [1.29, 1.82) is 0 Å². The van der Waals surface area contributed by atoms with E-state index in [9.17, 15) is 14.0 Å². The number of nitrogens with zero attached hydrogens (tertiary/aromatic N) is 2. The Hall–Kier alpha value is -3.28. The minimum atomic E-state index is -0.456. The first kappa shape index (κ1) is 17.5.